The standard InChI is InChI=1S/C26H27N3O3/c1-32-24-14-12-23(13-15-24)29-19-22(16-25(29)30)27-26(31)28(17-20-8-4-2-5-9-20)18-21-10-6-3-7-11-21/h2-15,22H,16-19H2,1H3,(H,27,31). The number of rotatable bonds is 7. The van der Waals surface area contributed by atoms with Crippen molar-refractivity contribution in [1.82, 2.24) is 10.2 Å². The summed E-state index contributed by atoms with van der Waals surface area (Å²) in [5.41, 5.74) is 2.92. The first-order valence-electron chi connectivity index (χ1n) is 10.7. The Labute approximate surface area is 188 Å². The number of methoxy groups -OCH3 is 1. The number of hydrogen-bond acceptors (Lipinski definition) is 3. The molecule has 0 aromatic heterocycles. The summed E-state index contributed by atoms with van der Waals surface area (Å²) in [5.74, 6) is 0.737. The van der Waals surface area contributed by atoms with Gasteiger partial charge in [-0.25, -0.2) is 4.79 Å². The summed E-state index contributed by atoms with van der Waals surface area (Å²) < 4.78 is 5.19. The van der Waals surface area contributed by atoms with Gasteiger partial charge in [0.25, 0.3) is 0 Å². The maximum absolute atomic E-state index is 13.2. The molecule has 1 atom stereocenters. The van der Waals surface area contributed by atoms with Gasteiger partial charge in [-0.2, -0.15) is 0 Å². The SMILES string of the molecule is COc1ccc(N2CC(NC(=O)N(Cc3ccccc3)Cc3ccccc3)CC2=O)cc1. The van der Waals surface area contributed by atoms with Crippen molar-refractivity contribution in [2.24, 2.45) is 0 Å². The average Bonchev–Trinajstić information content (AvgIpc) is 3.19. The van der Waals surface area contributed by atoms with E-state index in [0.717, 1.165) is 22.6 Å². The number of anilines is 1. The molecule has 6 heteroatoms. The van der Waals surface area contributed by atoms with Crippen molar-refractivity contribution in [3.05, 3.63) is 96.1 Å². The van der Waals surface area contributed by atoms with Crippen LogP contribution in [-0.2, 0) is 17.9 Å². The first-order chi connectivity index (χ1) is 15.6. The molecule has 1 aliphatic rings. The second-order valence-corrected chi connectivity index (χ2v) is 7.88. The fraction of sp³-hybridized carbons (Fsp3) is 0.231. The van der Waals surface area contributed by atoms with Gasteiger partial charge in [0.2, 0.25) is 5.91 Å². The van der Waals surface area contributed by atoms with E-state index >= 15 is 0 Å². The van der Waals surface area contributed by atoms with Crippen LogP contribution >= 0.6 is 0 Å². The van der Waals surface area contributed by atoms with E-state index in [1.807, 2.05) is 84.9 Å². The molecule has 1 aliphatic heterocycles. The molecule has 1 N–H and O–H groups in total. The van der Waals surface area contributed by atoms with Crippen LogP contribution in [0.3, 0.4) is 0 Å². The Hall–Kier alpha value is -3.80. The molecule has 32 heavy (non-hydrogen) atoms. The zero-order valence-electron chi connectivity index (χ0n) is 18.1. The lowest BCUT2D eigenvalue weighted by Gasteiger charge is -2.25. The Kier molecular flexibility index (Phi) is 6.70. The molecule has 0 aliphatic carbocycles. The topological polar surface area (TPSA) is 61.9 Å². The van der Waals surface area contributed by atoms with Gasteiger partial charge in [0.15, 0.2) is 0 Å². The van der Waals surface area contributed by atoms with Gasteiger partial charge in [-0.1, -0.05) is 60.7 Å². The summed E-state index contributed by atoms with van der Waals surface area (Å²) in [7, 11) is 1.61. The number of carbonyl (C=O) groups is 2. The highest BCUT2D eigenvalue weighted by atomic mass is 16.5. The number of carbonyl (C=O) groups excluding carboxylic acids is 2. The van der Waals surface area contributed by atoms with Crippen molar-refractivity contribution in [2.45, 2.75) is 25.6 Å². The van der Waals surface area contributed by atoms with Crippen LogP contribution in [0.1, 0.15) is 17.5 Å². The number of urea groups is 1. The van der Waals surface area contributed by atoms with Gasteiger partial charge in [-0.15, -0.1) is 0 Å². The van der Waals surface area contributed by atoms with Crippen molar-refractivity contribution >= 4 is 17.6 Å². The van der Waals surface area contributed by atoms with Crippen LogP contribution in [0.15, 0.2) is 84.9 Å². The number of nitrogens with zero attached hydrogens (tertiary/aromatic N) is 2. The molecular formula is C26H27N3O3. The highest BCUT2D eigenvalue weighted by molar-refractivity contribution is 5.96. The highest BCUT2D eigenvalue weighted by Gasteiger charge is 2.32. The Morgan fingerprint density at radius 1 is 0.938 bits per heavy atom. The largest absolute Gasteiger partial charge is 0.497 e. The average molecular weight is 430 g/mol. The Morgan fingerprint density at radius 2 is 1.50 bits per heavy atom. The van der Waals surface area contributed by atoms with Crippen molar-refractivity contribution in [3.63, 3.8) is 0 Å². The first-order valence-corrected chi connectivity index (χ1v) is 10.7. The summed E-state index contributed by atoms with van der Waals surface area (Å²) >= 11 is 0. The van der Waals surface area contributed by atoms with Crippen LogP contribution < -0.4 is 15.0 Å². The smallest absolute Gasteiger partial charge is 0.318 e. The van der Waals surface area contributed by atoms with Gasteiger partial charge in [-0.05, 0) is 35.4 Å². The van der Waals surface area contributed by atoms with E-state index in [9.17, 15) is 9.59 Å². The van der Waals surface area contributed by atoms with Gasteiger partial charge < -0.3 is 19.9 Å². The molecule has 1 heterocycles. The molecule has 3 aromatic carbocycles. The number of ether oxygens (including phenoxy) is 1. The third kappa shape index (κ3) is 5.27. The zero-order valence-corrected chi connectivity index (χ0v) is 18.1. The van der Waals surface area contributed by atoms with Crippen molar-refractivity contribution < 1.29 is 14.3 Å². The van der Waals surface area contributed by atoms with Crippen LogP contribution in [0.4, 0.5) is 10.5 Å². The maximum Gasteiger partial charge on any atom is 0.318 e. The van der Waals surface area contributed by atoms with Crippen LogP contribution in [0.25, 0.3) is 0 Å². The number of hydrogen-bond donors (Lipinski definition) is 1. The summed E-state index contributed by atoms with van der Waals surface area (Å²) in [4.78, 5) is 29.3. The van der Waals surface area contributed by atoms with E-state index in [-0.39, 0.29) is 24.4 Å². The Bertz CT molecular complexity index is 997. The molecule has 4 rings (SSSR count). The predicted molar refractivity (Wildman–Crippen MR) is 124 cm³/mol. The molecule has 0 spiro atoms. The minimum Gasteiger partial charge on any atom is -0.497 e. The van der Waals surface area contributed by atoms with Gasteiger partial charge >= 0.3 is 6.03 Å². The van der Waals surface area contributed by atoms with Crippen LogP contribution in [0, 0.1) is 0 Å². The van der Waals surface area contributed by atoms with Gasteiger partial charge in [0.05, 0.1) is 13.2 Å². The maximum atomic E-state index is 13.2. The van der Waals surface area contributed by atoms with E-state index in [1.54, 1.807) is 16.9 Å². The fourth-order valence-corrected chi connectivity index (χ4v) is 3.89. The monoisotopic (exact) mass is 429 g/mol. The zero-order chi connectivity index (χ0) is 22.3. The molecule has 0 saturated carbocycles. The van der Waals surface area contributed by atoms with E-state index in [1.165, 1.54) is 0 Å². The van der Waals surface area contributed by atoms with Crippen molar-refractivity contribution in [1.29, 1.82) is 0 Å². The molecule has 0 bridgehead atoms. The summed E-state index contributed by atoms with van der Waals surface area (Å²) in [6, 6.07) is 26.8. The van der Waals surface area contributed by atoms with E-state index < -0.39 is 0 Å². The van der Waals surface area contributed by atoms with E-state index in [0.29, 0.717) is 19.6 Å². The minimum atomic E-state index is -0.244. The third-order valence-electron chi connectivity index (χ3n) is 5.56. The van der Waals surface area contributed by atoms with Gasteiger partial charge in [0.1, 0.15) is 5.75 Å². The Balaban J connectivity index is 1.44. The normalized spacial score (nSPS) is 15.5. The lowest BCUT2D eigenvalue weighted by molar-refractivity contribution is -0.117. The fourth-order valence-electron chi connectivity index (χ4n) is 3.89. The molecule has 3 amide bonds. The molecule has 164 valence electrons. The van der Waals surface area contributed by atoms with Crippen molar-refractivity contribution in [3.8, 4) is 5.75 Å². The van der Waals surface area contributed by atoms with E-state index in [2.05, 4.69) is 5.32 Å². The molecule has 1 fully saturated rings. The van der Waals surface area contributed by atoms with Crippen LogP contribution in [0.5, 0.6) is 5.75 Å². The Morgan fingerprint density at radius 3 is 2.03 bits per heavy atom. The molecular weight excluding hydrogens is 402 g/mol. The molecule has 3 aromatic rings. The van der Waals surface area contributed by atoms with Crippen molar-refractivity contribution in [2.75, 3.05) is 18.6 Å². The van der Waals surface area contributed by atoms with Crippen LogP contribution in [0.2, 0.25) is 0 Å². The summed E-state index contributed by atoms with van der Waals surface area (Å²) in [5, 5.41) is 3.07. The predicted octanol–water partition coefficient (Wildman–Crippen LogP) is 4.21. The molecule has 1 saturated heterocycles. The highest BCUT2D eigenvalue weighted by Crippen LogP contribution is 2.24. The number of nitrogens with one attached hydrogen (secondary N) is 1. The second-order valence-electron chi connectivity index (χ2n) is 7.88. The molecule has 6 nitrogen and oxygen atoms in total. The quantitative estimate of drug-likeness (QED) is 0.612. The minimum absolute atomic E-state index is 0.00173. The van der Waals surface area contributed by atoms with E-state index in [4.69, 9.17) is 4.74 Å². The number of benzene rings is 3. The summed E-state index contributed by atoms with van der Waals surface area (Å²) in [6.45, 7) is 1.43. The molecule has 0 radical (unpaired) electrons. The van der Waals surface area contributed by atoms with Crippen LogP contribution in [-0.4, -0.2) is 36.5 Å². The number of amides is 3. The third-order valence-corrected chi connectivity index (χ3v) is 5.56. The van der Waals surface area contributed by atoms with Gasteiger partial charge in [-0.3, -0.25) is 4.79 Å². The lowest BCUT2D eigenvalue weighted by atomic mass is 10.1. The lowest BCUT2D eigenvalue weighted by Crippen LogP contribution is -2.45. The van der Waals surface area contributed by atoms with Gasteiger partial charge in [0, 0.05) is 31.7 Å². The molecule has 1 unspecified atom stereocenters. The second kappa shape index (κ2) is 10.0. The first kappa shape index (κ1) is 21.4. The summed E-state index contributed by atoms with van der Waals surface area (Å²) in [6.07, 6.45) is 0.280.